The molecule has 0 fully saturated rings. The molecule has 0 unspecified atom stereocenters. The fourth-order valence-electron chi connectivity index (χ4n) is 1.61. The number of aromatic nitrogens is 2. The molecule has 1 aromatic heterocycles. The molecule has 0 N–H and O–H groups in total. The Morgan fingerprint density at radius 1 is 1.50 bits per heavy atom. The quantitative estimate of drug-likeness (QED) is 0.630. The van der Waals surface area contributed by atoms with Gasteiger partial charge in [0, 0.05) is 29.6 Å². The molecule has 0 saturated carbocycles. The Balaban J connectivity index is 2.31. The molecule has 1 heterocycles. The monoisotopic (exact) mass is 277 g/mol. The van der Waals surface area contributed by atoms with Crippen LogP contribution < -0.4 is 0 Å². The molecule has 2 rings (SSSR count). The van der Waals surface area contributed by atoms with Crippen molar-refractivity contribution in [1.82, 2.24) is 9.55 Å². The molecule has 0 aliphatic carbocycles. The van der Waals surface area contributed by atoms with Gasteiger partial charge in [-0.25, -0.2) is 4.98 Å². The summed E-state index contributed by atoms with van der Waals surface area (Å²) < 4.78 is 2.00. The molecule has 0 radical (unpaired) electrons. The zero-order chi connectivity index (χ0) is 13.0. The minimum absolute atomic E-state index is 0.520. The summed E-state index contributed by atoms with van der Waals surface area (Å²) in [6.45, 7) is 2.04. The molecule has 18 heavy (non-hydrogen) atoms. The second kappa shape index (κ2) is 5.94. The second-order valence-electron chi connectivity index (χ2n) is 3.77. The fourth-order valence-corrected chi connectivity index (χ4v) is 2.59. The highest BCUT2D eigenvalue weighted by molar-refractivity contribution is 7.99. The van der Waals surface area contributed by atoms with Gasteiger partial charge in [0.1, 0.15) is 0 Å². The molecule has 0 bridgehead atoms. The van der Waals surface area contributed by atoms with Crippen LogP contribution in [-0.4, -0.2) is 15.3 Å². The van der Waals surface area contributed by atoms with Crippen molar-refractivity contribution in [3.63, 3.8) is 0 Å². The van der Waals surface area contributed by atoms with E-state index in [1.807, 2.05) is 35.9 Å². The van der Waals surface area contributed by atoms with Gasteiger partial charge in [-0.3, -0.25) is 4.57 Å². The first-order valence-corrected chi connectivity index (χ1v) is 6.88. The van der Waals surface area contributed by atoms with Crippen LogP contribution in [0.3, 0.4) is 0 Å². The smallest absolute Gasteiger partial charge is 0.172 e. The van der Waals surface area contributed by atoms with Gasteiger partial charge in [-0.2, -0.15) is 5.26 Å². The first kappa shape index (κ1) is 13.0. The van der Waals surface area contributed by atoms with Crippen LogP contribution in [-0.2, 0) is 0 Å². The minimum atomic E-state index is 0.520. The summed E-state index contributed by atoms with van der Waals surface area (Å²) in [4.78, 5) is 4.31. The van der Waals surface area contributed by atoms with Crippen LogP contribution in [0.1, 0.15) is 12.0 Å². The van der Waals surface area contributed by atoms with Crippen molar-refractivity contribution < 1.29 is 0 Å². The standard InChI is InChI=1S/C13H12ClN3S/c1-10-3-4-11(14)9-12(10)17-7-6-16-13(17)18-8-2-5-15/h3-4,6-7,9H,2,8H2,1H3. The van der Waals surface area contributed by atoms with Crippen LogP contribution >= 0.6 is 23.4 Å². The lowest BCUT2D eigenvalue weighted by Crippen LogP contribution is -1.98. The van der Waals surface area contributed by atoms with Gasteiger partial charge in [0.25, 0.3) is 0 Å². The Morgan fingerprint density at radius 2 is 2.33 bits per heavy atom. The van der Waals surface area contributed by atoms with Crippen molar-refractivity contribution >= 4 is 23.4 Å². The molecule has 0 aliphatic heterocycles. The van der Waals surface area contributed by atoms with E-state index < -0.39 is 0 Å². The summed E-state index contributed by atoms with van der Waals surface area (Å²) in [6, 6.07) is 7.92. The Bertz CT molecular complexity index is 586. The van der Waals surface area contributed by atoms with Gasteiger partial charge in [0.05, 0.1) is 11.8 Å². The van der Waals surface area contributed by atoms with Crippen molar-refractivity contribution in [3.8, 4) is 11.8 Å². The maximum atomic E-state index is 8.55. The number of halogens is 1. The summed E-state index contributed by atoms with van der Waals surface area (Å²) in [5, 5.41) is 10.1. The number of nitriles is 1. The Kier molecular flexibility index (Phi) is 4.29. The second-order valence-corrected chi connectivity index (χ2v) is 5.27. The first-order valence-electron chi connectivity index (χ1n) is 5.52. The van der Waals surface area contributed by atoms with Gasteiger partial charge in [-0.1, -0.05) is 29.4 Å². The van der Waals surface area contributed by atoms with E-state index in [1.54, 1.807) is 18.0 Å². The number of hydrogen-bond acceptors (Lipinski definition) is 3. The maximum Gasteiger partial charge on any atom is 0.172 e. The van der Waals surface area contributed by atoms with Crippen LogP contribution in [0.25, 0.3) is 5.69 Å². The fraction of sp³-hybridized carbons (Fsp3) is 0.231. The Morgan fingerprint density at radius 3 is 3.11 bits per heavy atom. The van der Waals surface area contributed by atoms with Crippen molar-refractivity contribution in [1.29, 1.82) is 5.26 Å². The summed E-state index contributed by atoms with van der Waals surface area (Å²) in [5.74, 6) is 0.743. The number of nitrogens with zero attached hydrogens (tertiary/aromatic N) is 3. The predicted octanol–water partition coefficient (Wildman–Crippen LogP) is 3.84. The summed E-state index contributed by atoms with van der Waals surface area (Å²) in [5.41, 5.74) is 2.17. The van der Waals surface area contributed by atoms with E-state index in [9.17, 15) is 0 Å². The average molecular weight is 278 g/mol. The molecule has 5 heteroatoms. The van der Waals surface area contributed by atoms with E-state index in [2.05, 4.69) is 11.1 Å². The van der Waals surface area contributed by atoms with E-state index in [4.69, 9.17) is 16.9 Å². The lowest BCUT2D eigenvalue weighted by atomic mass is 10.2. The van der Waals surface area contributed by atoms with Gasteiger partial charge in [0.15, 0.2) is 5.16 Å². The summed E-state index contributed by atoms with van der Waals surface area (Å²) >= 11 is 7.60. The molecule has 0 saturated heterocycles. The van der Waals surface area contributed by atoms with Crippen molar-refractivity contribution in [2.24, 2.45) is 0 Å². The highest BCUT2D eigenvalue weighted by Crippen LogP contribution is 2.25. The molecule has 1 aromatic carbocycles. The van der Waals surface area contributed by atoms with E-state index in [-0.39, 0.29) is 0 Å². The zero-order valence-electron chi connectivity index (χ0n) is 9.93. The van der Waals surface area contributed by atoms with Crippen molar-refractivity contribution in [2.45, 2.75) is 18.5 Å². The molecule has 3 nitrogen and oxygen atoms in total. The Labute approximate surface area is 115 Å². The highest BCUT2D eigenvalue weighted by Gasteiger charge is 2.08. The van der Waals surface area contributed by atoms with Crippen LogP contribution in [0.2, 0.25) is 5.02 Å². The third kappa shape index (κ3) is 2.87. The number of benzene rings is 1. The zero-order valence-corrected chi connectivity index (χ0v) is 11.5. The van der Waals surface area contributed by atoms with Crippen LogP contribution in [0.5, 0.6) is 0 Å². The van der Waals surface area contributed by atoms with Gasteiger partial charge < -0.3 is 0 Å². The number of imidazole rings is 1. The van der Waals surface area contributed by atoms with Crippen LogP contribution in [0.4, 0.5) is 0 Å². The number of rotatable bonds is 4. The van der Waals surface area contributed by atoms with Gasteiger partial charge in [0.2, 0.25) is 0 Å². The van der Waals surface area contributed by atoms with E-state index in [0.717, 1.165) is 22.2 Å². The molecular formula is C13H12ClN3S. The summed E-state index contributed by atoms with van der Waals surface area (Å²) in [7, 11) is 0. The van der Waals surface area contributed by atoms with Gasteiger partial charge >= 0.3 is 0 Å². The SMILES string of the molecule is Cc1ccc(Cl)cc1-n1ccnc1SCCC#N. The lowest BCUT2D eigenvalue weighted by Gasteiger charge is -2.10. The molecule has 2 aromatic rings. The lowest BCUT2D eigenvalue weighted by molar-refractivity contribution is 0.887. The molecule has 0 amide bonds. The number of thioether (sulfide) groups is 1. The molecular weight excluding hydrogens is 266 g/mol. The minimum Gasteiger partial charge on any atom is -0.295 e. The number of hydrogen-bond donors (Lipinski definition) is 0. The third-order valence-corrected chi connectivity index (χ3v) is 3.69. The largest absolute Gasteiger partial charge is 0.295 e. The summed E-state index contributed by atoms with van der Waals surface area (Å²) in [6.07, 6.45) is 4.19. The van der Waals surface area contributed by atoms with Crippen molar-refractivity contribution in [2.75, 3.05) is 5.75 Å². The molecule has 0 spiro atoms. The maximum absolute atomic E-state index is 8.55. The van der Waals surface area contributed by atoms with Crippen LogP contribution in [0.15, 0.2) is 35.7 Å². The predicted molar refractivity (Wildman–Crippen MR) is 74.3 cm³/mol. The Hall–Kier alpha value is -1.44. The molecule has 0 atom stereocenters. The highest BCUT2D eigenvalue weighted by atomic mass is 35.5. The molecule has 0 aliphatic rings. The third-order valence-electron chi connectivity index (χ3n) is 2.48. The average Bonchev–Trinajstić information content (AvgIpc) is 2.81. The normalized spacial score (nSPS) is 10.3. The van der Waals surface area contributed by atoms with Gasteiger partial charge in [-0.05, 0) is 24.6 Å². The van der Waals surface area contributed by atoms with Crippen molar-refractivity contribution in [3.05, 3.63) is 41.2 Å². The van der Waals surface area contributed by atoms with E-state index in [0.29, 0.717) is 11.4 Å². The molecule has 92 valence electrons. The van der Waals surface area contributed by atoms with E-state index >= 15 is 0 Å². The van der Waals surface area contributed by atoms with E-state index in [1.165, 1.54) is 0 Å². The van der Waals surface area contributed by atoms with Gasteiger partial charge in [-0.15, -0.1) is 0 Å². The van der Waals surface area contributed by atoms with Crippen LogP contribution in [0, 0.1) is 18.3 Å². The first-order chi connectivity index (χ1) is 8.72. The number of aryl methyl sites for hydroxylation is 1. The topological polar surface area (TPSA) is 41.6 Å².